The lowest BCUT2D eigenvalue weighted by Gasteiger charge is -2.27. The summed E-state index contributed by atoms with van der Waals surface area (Å²) in [5, 5.41) is 3.42. The Bertz CT molecular complexity index is 209. The Hall–Kier alpha value is -0.300. The Morgan fingerprint density at radius 1 is 1.54 bits per heavy atom. The average molecular weight is 179 g/mol. The molecule has 74 valence electrons. The van der Waals surface area contributed by atoms with Crippen molar-refractivity contribution in [3.8, 4) is 0 Å². The van der Waals surface area contributed by atoms with Crippen molar-refractivity contribution >= 4 is 0 Å². The maximum Gasteiger partial charge on any atom is 0.00671 e. The summed E-state index contributed by atoms with van der Waals surface area (Å²) in [7, 11) is 2.10. The van der Waals surface area contributed by atoms with Crippen LogP contribution in [0.2, 0.25) is 0 Å². The van der Waals surface area contributed by atoms with Crippen LogP contribution in [0.5, 0.6) is 0 Å². The second-order valence-electron chi connectivity index (χ2n) is 4.80. The van der Waals surface area contributed by atoms with Crippen molar-refractivity contribution in [3.63, 3.8) is 0 Å². The largest absolute Gasteiger partial charge is 0.317 e. The second kappa shape index (κ2) is 3.45. The molecule has 3 atom stereocenters. The fraction of sp³-hybridized carbons (Fsp3) is 0.833. The molecule has 0 aromatic rings. The minimum atomic E-state index is 0.750. The van der Waals surface area contributed by atoms with E-state index in [0.29, 0.717) is 0 Å². The zero-order chi connectivity index (χ0) is 9.31. The Morgan fingerprint density at radius 2 is 2.38 bits per heavy atom. The van der Waals surface area contributed by atoms with E-state index in [1.807, 2.05) is 0 Å². The zero-order valence-corrected chi connectivity index (χ0v) is 8.84. The van der Waals surface area contributed by atoms with Gasteiger partial charge in [0.1, 0.15) is 0 Å². The number of allylic oxidation sites excluding steroid dienone is 2. The van der Waals surface area contributed by atoms with E-state index in [-0.39, 0.29) is 0 Å². The molecule has 3 unspecified atom stereocenters. The van der Waals surface area contributed by atoms with Gasteiger partial charge in [0.2, 0.25) is 0 Å². The summed E-state index contributed by atoms with van der Waals surface area (Å²) in [6.07, 6.45) is 11.7. The molecule has 2 aliphatic carbocycles. The molecule has 0 spiro atoms. The highest BCUT2D eigenvalue weighted by molar-refractivity contribution is 5.09. The predicted octanol–water partition coefficient (Wildman–Crippen LogP) is 2.73. The first-order valence-corrected chi connectivity index (χ1v) is 5.59. The van der Waals surface area contributed by atoms with Crippen LogP contribution in [0.25, 0.3) is 0 Å². The molecule has 1 nitrogen and oxygen atoms in total. The van der Waals surface area contributed by atoms with Gasteiger partial charge in [0.15, 0.2) is 0 Å². The average Bonchev–Trinajstić information content (AvgIpc) is 2.88. The van der Waals surface area contributed by atoms with Gasteiger partial charge in [-0.1, -0.05) is 12.2 Å². The number of nitrogens with one attached hydrogen (secondary N) is 1. The van der Waals surface area contributed by atoms with E-state index >= 15 is 0 Å². The number of hydrogen-bond acceptors (Lipinski definition) is 1. The van der Waals surface area contributed by atoms with Crippen molar-refractivity contribution in [2.24, 2.45) is 11.3 Å². The lowest BCUT2D eigenvalue weighted by Crippen LogP contribution is -2.30. The Kier molecular flexibility index (Phi) is 2.46. The first-order chi connectivity index (χ1) is 6.30. The maximum atomic E-state index is 3.42. The van der Waals surface area contributed by atoms with Crippen LogP contribution in [0.3, 0.4) is 0 Å². The standard InChI is InChI=1S/C12H21N/c1-3-4-6-12-7-5-11(13-2)8-10(12)9-12/h3-4,10-11,13H,5-9H2,1-2H3/b4-3-. The third-order valence-corrected chi connectivity index (χ3v) is 4.09. The van der Waals surface area contributed by atoms with E-state index < -0.39 is 0 Å². The molecule has 1 N–H and O–H groups in total. The van der Waals surface area contributed by atoms with E-state index in [0.717, 1.165) is 17.4 Å². The predicted molar refractivity (Wildman–Crippen MR) is 56.7 cm³/mol. The molecular weight excluding hydrogens is 158 g/mol. The van der Waals surface area contributed by atoms with Crippen molar-refractivity contribution in [2.75, 3.05) is 7.05 Å². The van der Waals surface area contributed by atoms with Crippen molar-refractivity contribution in [1.82, 2.24) is 5.32 Å². The molecule has 0 aromatic heterocycles. The van der Waals surface area contributed by atoms with Crippen LogP contribution in [0, 0.1) is 11.3 Å². The molecule has 0 aliphatic heterocycles. The van der Waals surface area contributed by atoms with E-state index in [9.17, 15) is 0 Å². The van der Waals surface area contributed by atoms with Crippen LogP contribution in [0.15, 0.2) is 12.2 Å². The quantitative estimate of drug-likeness (QED) is 0.657. The summed E-state index contributed by atoms with van der Waals surface area (Å²) < 4.78 is 0. The van der Waals surface area contributed by atoms with Gasteiger partial charge >= 0.3 is 0 Å². The van der Waals surface area contributed by atoms with Gasteiger partial charge in [-0.05, 0) is 57.4 Å². The molecule has 13 heavy (non-hydrogen) atoms. The SMILES string of the molecule is C/C=C\CC12CCC(NC)CC1C2. The van der Waals surface area contributed by atoms with Crippen molar-refractivity contribution in [1.29, 1.82) is 0 Å². The smallest absolute Gasteiger partial charge is 0.00671 e. The van der Waals surface area contributed by atoms with Crippen LogP contribution in [0.1, 0.15) is 39.0 Å². The Balaban J connectivity index is 1.87. The van der Waals surface area contributed by atoms with Crippen LogP contribution in [0.4, 0.5) is 0 Å². The van der Waals surface area contributed by atoms with E-state index in [4.69, 9.17) is 0 Å². The number of rotatable bonds is 3. The molecule has 2 rings (SSSR count). The topological polar surface area (TPSA) is 12.0 Å². The summed E-state index contributed by atoms with van der Waals surface area (Å²) in [6, 6.07) is 0.811. The summed E-state index contributed by atoms with van der Waals surface area (Å²) in [4.78, 5) is 0. The summed E-state index contributed by atoms with van der Waals surface area (Å²) in [6.45, 7) is 2.13. The van der Waals surface area contributed by atoms with Gasteiger partial charge in [-0.15, -0.1) is 0 Å². The third-order valence-electron chi connectivity index (χ3n) is 4.09. The first kappa shape index (κ1) is 9.26. The highest BCUT2D eigenvalue weighted by Crippen LogP contribution is 2.63. The molecule has 2 saturated carbocycles. The van der Waals surface area contributed by atoms with Gasteiger partial charge in [-0.25, -0.2) is 0 Å². The summed E-state index contributed by atoms with van der Waals surface area (Å²) in [5.74, 6) is 1.04. The van der Waals surface area contributed by atoms with Gasteiger partial charge in [0.05, 0.1) is 0 Å². The van der Waals surface area contributed by atoms with Gasteiger partial charge < -0.3 is 5.32 Å². The third kappa shape index (κ3) is 1.67. The Labute approximate surface area is 81.6 Å². The lowest BCUT2D eigenvalue weighted by molar-refractivity contribution is 0.289. The fourth-order valence-corrected chi connectivity index (χ4v) is 2.96. The van der Waals surface area contributed by atoms with Gasteiger partial charge in [-0.3, -0.25) is 0 Å². The van der Waals surface area contributed by atoms with Crippen molar-refractivity contribution < 1.29 is 0 Å². The molecule has 0 bridgehead atoms. The molecule has 0 aromatic carbocycles. The molecule has 0 radical (unpaired) electrons. The van der Waals surface area contributed by atoms with Crippen LogP contribution >= 0.6 is 0 Å². The highest BCUT2D eigenvalue weighted by atomic mass is 14.9. The first-order valence-electron chi connectivity index (χ1n) is 5.59. The minimum absolute atomic E-state index is 0.750. The number of hydrogen-bond donors (Lipinski definition) is 1. The van der Waals surface area contributed by atoms with E-state index in [1.165, 1.54) is 32.1 Å². The van der Waals surface area contributed by atoms with Gasteiger partial charge in [-0.2, -0.15) is 0 Å². The van der Waals surface area contributed by atoms with E-state index in [1.54, 1.807) is 0 Å². The lowest BCUT2D eigenvalue weighted by atomic mass is 9.83. The maximum absolute atomic E-state index is 3.42. The van der Waals surface area contributed by atoms with Crippen molar-refractivity contribution in [2.45, 2.75) is 45.1 Å². The number of fused-ring (bicyclic) bond motifs is 1. The van der Waals surface area contributed by atoms with Gasteiger partial charge in [0.25, 0.3) is 0 Å². The van der Waals surface area contributed by atoms with Crippen LogP contribution in [-0.2, 0) is 0 Å². The molecular formula is C12H21N. The molecule has 2 aliphatic rings. The monoisotopic (exact) mass is 179 g/mol. The molecule has 0 saturated heterocycles. The fourth-order valence-electron chi connectivity index (χ4n) is 2.96. The second-order valence-corrected chi connectivity index (χ2v) is 4.80. The zero-order valence-electron chi connectivity index (χ0n) is 8.84. The summed E-state index contributed by atoms with van der Waals surface area (Å²) >= 11 is 0. The normalized spacial score (nSPS) is 43.5. The molecule has 0 amide bonds. The molecule has 0 heterocycles. The van der Waals surface area contributed by atoms with Crippen LogP contribution in [-0.4, -0.2) is 13.1 Å². The minimum Gasteiger partial charge on any atom is -0.317 e. The van der Waals surface area contributed by atoms with Gasteiger partial charge in [0, 0.05) is 6.04 Å². The van der Waals surface area contributed by atoms with Crippen LogP contribution < -0.4 is 5.32 Å². The van der Waals surface area contributed by atoms with E-state index in [2.05, 4.69) is 31.4 Å². The summed E-state index contributed by atoms with van der Waals surface area (Å²) in [5.41, 5.74) is 0.750. The van der Waals surface area contributed by atoms with Crippen molar-refractivity contribution in [3.05, 3.63) is 12.2 Å². The molecule has 1 heteroatoms. The molecule has 2 fully saturated rings. The highest BCUT2D eigenvalue weighted by Gasteiger charge is 2.55. The Morgan fingerprint density at radius 3 is 3.00 bits per heavy atom.